The predicted octanol–water partition coefficient (Wildman–Crippen LogP) is 4.58. The summed E-state index contributed by atoms with van der Waals surface area (Å²) in [6.07, 6.45) is 0. The van der Waals surface area contributed by atoms with Gasteiger partial charge in [-0.05, 0) is 48.6 Å². The number of rotatable bonds is 2. The molecule has 0 unspecified atom stereocenters. The molecule has 4 nitrogen and oxygen atoms in total. The summed E-state index contributed by atoms with van der Waals surface area (Å²) < 4.78 is 0.998. The zero-order chi connectivity index (χ0) is 16.2. The second-order valence-electron chi connectivity index (χ2n) is 4.93. The molecule has 0 aliphatic carbocycles. The fraction of sp³-hybridized carbons (Fsp3) is 0.125. The second kappa shape index (κ2) is 7.29. The summed E-state index contributed by atoms with van der Waals surface area (Å²) in [4.78, 5) is 6.42. The number of guanidine groups is 1. The third-order valence-electron chi connectivity index (χ3n) is 3.24. The first kappa shape index (κ1) is 16.2. The Kier molecular flexibility index (Phi) is 5.15. The van der Waals surface area contributed by atoms with E-state index in [1.807, 2.05) is 53.4 Å². The number of benzene rings is 2. The summed E-state index contributed by atoms with van der Waals surface area (Å²) in [7, 11) is 0. The van der Waals surface area contributed by atoms with Gasteiger partial charge in [-0.2, -0.15) is 0 Å². The van der Waals surface area contributed by atoms with Gasteiger partial charge in [-0.3, -0.25) is 9.89 Å². The van der Waals surface area contributed by atoms with Crippen LogP contribution >= 0.6 is 39.7 Å². The maximum absolute atomic E-state index is 6.02. The largest absolute Gasteiger partial charge is 0.332 e. The van der Waals surface area contributed by atoms with Crippen molar-refractivity contribution in [3.05, 3.63) is 58.0 Å². The van der Waals surface area contributed by atoms with Gasteiger partial charge in [0.2, 0.25) is 5.96 Å². The lowest BCUT2D eigenvalue weighted by atomic mass is 10.3. The molecule has 0 saturated heterocycles. The van der Waals surface area contributed by atoms with Crippen molar-refractivity contribution in [2.24, 2.45) is 4.99 Å². The van der Waals surface area contributed by atoms with E-state index in [1.54, 1.807) is 0 Å². The molecule has 0 saturated carbocycles. The van der Waals surface area contributed by atoms with Crippen LogP contribution in [0.1, 0.15) is 0 Å². The van der Waals surface area contributed by atoms with Gasteiger partial charge in [0.25, 0.3) is 0 Å². The van der Waals surface area contributed by atoms with E-state index < -0.39 is 0 Å². The number of aliphatic imine (C=N–C) groups is 1. The van der Waals surface area contributed by atoms with Crippen LogP contribution in [-0.2, 0) is 0 Å². The Morgan fingerprint density at radius 1 is 1.17 bits per heavy atom. The monoisotopic (exact) mass is 408 g/mol. The van der Waals surface area contributed by atoms with Crippen LogP contribution in [0.4, 0.5) is 11.4 Å². The minimum absolute atomic E-state index is 0.605. The number of hydrogen-bond acceptors (Lipinski definition) is 3. The van der Waals surface area contributed by atoms with E-state index >= 15 is 0 Å². The number of thiocarbonyl (C=S) groups is 1. The fourth-order valence-electron chi connectivity index (χ4n) is 2.20. The highest BCUT2D eigenvalue weighted by Gasteiger charge is 2.21. The molecule has 0 bridgehead atoms. The van der Waals surface area contributed by atoms with E-state index in [1.165, 1.54) is 0 Å². The van der Waals surface area contributed by atoms with Gasteiger partial charge < -0.3 is 10.6 Å². The summed E-state index contributed by atoms with van der Waals surface area (Å²) in [5.74, 6) is 0.722. The van der Waals surface area contributed by atoms with Gasteiger partial charge in [0.1, 0.15) is 0 Å². The number of nitrogens with zero attached hydrogens (tertiary/aromatic N) is 2. The van der Waals surface area contributed by atoms with E-state index in [0.717, 1.165) is 28.4 Å². The van der Waals surface area contributed by atoms with Crippen LogP contribution in [0.2, 0.25) is 5.02 Å². The van der Waals surface area contributed by atoms with Gasteiger partial charge in [-0.15, -0.1) is 0 Å². The molecule has 0 fully saturated rings. The van der Waals surface area contributed by atoms with E-state index in [-0.39, 0.29) is 0 Å². The zero-order valence-corrected chi connectivity index (χ0v) is 15.3. The molecular weight excluding hydrogens is 396 g/mol. The Balaban J connectivity index is 1.69. The highest BCUT2D eigenvalue weighted by atomic mass is 79.9. The Morgan fingerprint density at radius 3 is 2.74 bits per heavy atom. The number of nitrogens with one attached hydrogen (secondary N) is 2. The molecule has 0 atom stereocenters. The molecule has 0 aromatic heterocycles. The minimum atomic E-state index is 0.605. The van der Waals surface area contributed by atoms with Gasteiger partial charge in [0, 0.05) is 27.4 Å². The molecule has 1 aliphatic heterocycles. The van der Waals surface area contributed by atoms with Crippen molar-refractivity contribution in [3.8, 4) is 0 Å². The molecule has 2 aromatic carbocycles. The van der Waals surface area contributed by atoms with E-state index in [4.69, 9.17) is 23.8 Å². The molecular formula is C16H14BrClN4S. The van der Waals surface area contributed by atoms with E-state index in [0.29, 0.717) is 16.7 Å². The summed E-state index contributed by atoms with van der Waals surface area (Å²) in [6, 6.07) is 15.4. The SMILES string of the molecule is S=C(Nc1cccc(Br)c1)N1CCN=C1Nc1cccc(Cl)c1. The molecule has 2 N–H and O–H groups in total. The number of hydrogen-bond donors (Lipinski definition) is 2. The van der Waals surface area contributed by atoms with Crippen LogP contribution in [0, 0.1) is 0 Å². The van der Waals surface area contributed by atoms with Crippen LogP contribution in [0.25, 0.3) is 0 Å². The topological polar surface area (TPSA) is 39.7 Å². The lowest BCUT2D eigenvalue weighted by Gasteiger charge is -2.22. The van der Waals surface area contributed by atoms with Gasteiger partial charge in [0.05, 0.1) is 6.54 Å². The molecule has 7 heteroatoms. The van der Waals surface area contributed by atoms with Crippen LogP contribution in [-0.4, -0.2) is 29.1 Å². The van der Waals surface area contributed by atoms with Crippen molar-refractivity contribution in [2.75, 3.05) is 23.7 Å². The van der Waals surface area contributed by atoms with Crippen molar-refractivity contribution in [1.29, 1.82) is 0 Å². The second-order valence-corrected chi connectivity index (χ2v) is 6.67. The molecule has 1 heterocycles. The lowest BCUT2D eigenvalue weighted by Crippen LogP contribution is -2.40. The Labute approximate surface area is 153 Å². The summed E-state index contributed by atoms with van der Waals surface area (Å²) >= 11 is 15.0. The normalized spacial score (nSPS) is 13.7. The quantitative estimate of drug-likeness (QED) is 0.712. The Morgan fingerprint density at radius 2 is 1.96 bits per heavy atom. The molecule has 23 heavy (non-hydrogen) atoms. The number of halogens is 2. The maximum Gasteiger partial charge on any atom is 0.204 e. The van der Waals surface area contributed by atoms with Crippen molar-refractivity contribution in [2.45, 2.75) is 0 Å². The van der Waals surface area contributed by atoms with Crippen LogP contribution in [0.15, 0.2) is 58.0 Å². The first-order valence-electron chi connectivity index (χ1n) is 7.03. The van der Waals surface area contributed by atoms with Crippen molar-refractivity contribution >= 4 is 62.2 Å². The molecule has 118 valence electrons. The average molecular weight is 410 g/mol. The number of anilines is 2. The molecule has 2 aromatic rings. The molecule has 3 rings (SSSR count). The lowest BCUT2D eigenvalue weighted by molar-refractivity contribution is 0.674. The summed E-state index contributed by atoms with van der Waals surface area (Å²) in [5, 5.41) is 7.78. The molecule has 0 spiro atoms. The van der Waals surface area contributed by atoms with Crippen LogP contribution in [0.5, 0.6) is 0 Å². The highest BCUT2D eigenvalue weighted by molar-refractivity contribution is 9.10. The van der Waals surface area contributed by atoms with Crippen molar-refractivity contribution in [3.63, 3.8) is 0 Å². The third kappa shape index (κ3) is 4.22. The first-order valence-corrected chi connectivity index (χ1v) is 8.61. The molecule has 0 amide bonds. The van der Waals surface area contributed by atoms with Crippen LogP contribution < -0.4 is 10.6 Å². The maximum atomic E-state index is 6.02. The van der Waals surface area contributed by atoms with Crippen molar-refractivity contribution in [1.82, 2.24) is 4.90 Å². The fourth-order valence-corrected chi connectivity index (χ4v) is 3.09. The van der Waals surface area contributed by atoms with Gasteiger partial charge in [0.15, 0.2) is 5.11 Å². The van der Waals surface area contributed by atoms with Gasteiger partial charge >= 0.3 is 0 Å². The summed E-state index contributed by atoms with van der Waals surface area (Å²) in [6.45, 7) is 1.44. The average Bonchev–Trinajstić information content (AvgIpc) is 2.95. The third-order valence-corrected chi connectivity index (χ3v) is 4.29. The van der Waals surface area contributed by atoms with Gasteiger partial charge in [-0.1, -0.05) is 39.7 Å². The summed E-state index contributed by atoms with van der Waals surface area (Å²) in [5.41, 5.74) is 1.81. The Hall–Kier alpha value is -1.63. The Bertz CT molecular complexity index is 765. The van der Waals surface area contributed by atoms with E-state index in [2.05, 4.69) is 31.6 Å². The highest BCUT2D eigenvalue weighted by Crippen LogP contribution is 2.18. The van der Waals surface area contributed by atoms with E-state index in [9.17, 15) is 0 Å². The standard InChI is InChI=1S/C16H14BrClN4S/c17-11-3-1-5-13(9-11)21-16(23)22-8-7-19-15(22)20-14-6-2-4-12(18)10-14/h1-6,9-10H,7-8H2,(H,19,20)(H,21,23). The van der Waals surface area contributed by atoms with Gasteiger partial charge in [-0.25, -0.2) is 0 Å². The first-order chi connectivity index (χ1) is 11.1. The smallest absolute Gasteiger partial charge is 0.204 e. The van der Waals surface area contributed by atoms with Crippen LogP contribution in [0.3, 0.4) is 0 Å². The minimum Gasteiger partial charge on any atom is -0.332 e. The zero-order valence-electron chi connectivity index (χ0n) is 12.1. The predicted molar refractivity (Wildman–Crippen MR) is 104 cm³/mol. The molecule has 1 aliphatic rings. The molecule has 0 radical (unpaired) electrons. The van der Waals surface area contributed by atoms with Crippen molar-refractivity contribution < 1.29 is 0 Å².